The maximum absolute atomic E-state index is 12.9. The first kappa shape index (κ1) is 17.4. The van der Waals surface area contributed by atoms with Gasteiger partial charge in [0.25, 0.3) is 15.7 Å². The molecular formula is C15H14N2O6S. The van der Waals surface area contributed by atoms with Crippen molar-refractivity contribution in [3.8, 4) is 0 Å². The van der Waals surface area contributed by atoms with Crippen LogP contribution < -0.4 is 4.31 Å². The number of sulfonamides is 1. The highest BCUT2D eigenvalue weighted by molar-refractivity contribution is 7.93. The molecule has 0 aliphatic heterocycles. The number of nitro benzene ring substituents is 1. The predicted octanol–water partition coefficient (Wildman–Crippen LogP) is 2.18. The lowest BCUT2D eigenvalue weighted by Gasteiger charge is -2.24. The van der Waals surface area contributed by atoms with Crippen LogP contribution in [0.2, 0.25) is 0 Å². The molecule has 0 saturated heterocycles. The second kappa shape index (κ2) is 6.67. The maximum Gasteiger partial charge on any atom is 0.324 e. The zero-order valence-electron chi connectivity index (χ0n) is 12.6. The molecule has 0 radical (unpaired) electrons. The average molecular weight is 350 g/mol. The van der Waals surface area contributed by atoms with Gasteiger partial charge in [-0.15, -0.1) is 0 Å². The molecule has 0 atom stereocenters. The third-order valence-corrected chi connectivity index (χ3v) is 5.10. The van der Waals surface area contributed by atoms with E-state index in [0.29, 0.717) is 9.87 Å². The lowest BCUT2D eigenvalue weighted by Crippen LogP contribution is -2.36. The zero-order valence-corrected chi connectivity index (χ0v) is 13.4. The van der Waals surface area contributed by atoms with Crippen LogP contribution in [0.3, 0.4) is 0 Å². The molecule has 0 bridgehead atoms. The van der Waals surface area contributed by atoms with Gasteiger partial charge in [0.1, 0.15) is 6.54 Å². The number of para-hydroxylation sites is 2. The molecular weight excluding hydrogens is 336 g/mol. The van der Waals surface area contributed by atoms with Crippen molar-refractivity contribution in [3.63, 3.8) is 0 Å². The van der Waals surface area contributed by atoms with E-state index in [4.69, 9.17) is 5.11 Å². The molecule has 8 nitrogen and oxygen atoms in total. The Bertz CT molecular complexity index is 894. The summed E-state index contributed by atoms with van der Waals surface area (Å²) in [5.41, 5.74) is 0.0698. The van der Waals surface area contributed by atoms with Crippen LogP contribution in [0, 0.1) is 17.0 Å². The molecule has 0 heterocycles. The smallest absolute Gasteiger partial charge is 0.324 e. The minimum Gasteiger partial charge on any atom is -0.480 e. The third-order valence-electron chi connectivity index (χ3n) is 3.29. The second-order valence-electron chi connectivity index (χ2n) is 4.92. The Morgan fingerprint density at radius 3 is 2.33 bits per heavy atom. The standard InChI is InChI=1S/C15H14N2O6S/c1-11-6-2-3-7-12(11)16(10-15(18)19)24(22,23)14-9-5-4-8-13(14)17(20)21/h2-9H,10H2,1H3,(H,18,19). The largest absolute Gasteiger partial charge is 0.480 e. The van der Waals surface area contributed by atoms with Crippen molar-refractivity contribution in [1.82, 2.24) is 0 Å². The number of hydrogen-bond donors (Lipinski definition) is 1. The van der Waals surface area contributed by atoms with Gasteiger partial charge in [0, 0.05) is 6.07 Å². The number of benzene rings is 2. The topological polar surface area (TPSA) is 118 Å². The number of nitro groups is 1. The van der Waals surface area contributed by atoms with Gasteiger partial charge < -0.3 is 5.11 Å². The summed E-state index contributed by atoms with van der Waals surface area (Å²) in [6.45, 7) is 0.776. The number of anilines is 1. The minimum absolute atomic E-state index is 0.151. The average Bonchev–Trinajstić information content (AvgIpc) is 2.53. The molecule has 9 heteroatoms. The van der Waals surface area contributed by atoms with Crippen molar-refractivity contribution < 1.29 is 23.2 Å². The molecule has 2 aromatic rings. The summed E-state index contributed by atoms with van der Waals surface area (Å²) in [6, 6.07) is 11.1. The molecule has 0 aliphatic carbocycles. The van der Waals surface area contributed by atoms with Crippen LogP contribution in [-0.4, -0.2) is 31.0 Å². The Kier molecular flexibility index (Phi) is 4.84. The number of carboxylic acid groups (broad SMARTS) is 1. The van der Waals surface area contributed by atoms with Gasteiger partial charge in [-0.1, -0.05) is 30.3 Å². The van der Waals surface area contributed by atoms with Crippen molar-refractivity contribution in [1.29, 1.82) is 0 Å². The van der Waals surface area contributed by atoms with Crippen LogP contribution in [0.4, 0.5) is 11.4 Å². The van der Waals surface area contributed by atoms with E-state index in [9.17, 15) is 23.3 Å². The fraction of sp³-hybridized carbons (Fsp3) is 0.133. The molecule has 126 valence electrons. The second-order valence-corrected chi connectivity index (χ2v) is 6.75. The summed E-state index contributed by atoms with van der Waals surface area (Å²) < 4.78 is 26.5. The van der Waals surface area contributed by atoms with Crippen LogP contribution >= 0.6 is 0 Å². The van der Waals surface area contributed by atoms with E-state index >= 15 is 0 Å². The SMILES string of the molecule is Cc1ccccc1N(CC(=O)O)S(=O)(=O)c1ccccc1[N+](=O)[O-]. The Balaban J connectivity index is 2.68. The highest BCUT2D eigenvalue weighted by Crippen LogP contribution is 2.31. The fourth-order valence-electron chi connectivity index (χ4n) is 2.21. The number of nitrogens with zero attached hydrogens (tertiary/aromatic N) is 2. The first-order chi connectivity index (χ1) is 11.2. The number of aliphatic carboxylic acids is 1. The monoisotopic (exact) mass is 350 g/mol. The van der Waals surface area contributed by atoms with Gasteiger partial charge in [-0.2, -0.15) is 0 Å². The number of aryl methyl sites for hydroxylation is 1. The first-order valence-electron chi connectivity index (χ1n) is 6.78. The van der Waals surface area contributed by atoms with Crippen molar-refractivity contribution >= 4 is 27.4 Å². The minimum atomic E-state index is -4.44. The Morgan fingerprint density at radius 2 is 1.75 bits per heavy atom. The van der Waals surface area contributed by atoms with Crippen molar-refractivity contribution in [2.75, 3.05) is 10.8 Å². The Morgan fingerprint density at radius 1 is 1.17 bits per heavy atom. The fourth-order valence-corrected chi connectivity index (χ4v) is 3.85. The summed E-state index contributed by atoms with van der Waals surface area (Å²) >= 11 is 0. The highest BCUT2D eigenvalue weighted by Gasteiger charge is 2.33. The molecule has 0 saturated carbocycles. The van der Waals surface area contributed by atoms with E-state index in [2.05, 4.69) is 0 Å². The molecule has 0 spiro atoms. The van der Waals surface area contributed by atoms with Crippen LogP contribution in [0.5, 0.6) is 0 Å². The molecule has 0 fully saturated rings. The molecule has 0 amide bonds. The molecule has 2 aromatic carbocycles. The Labute approximate surface area is 138 Å². The van der Waals surface area contributed by atoms with E-state index in [0.717, 1.165) is 12.1 Å². The normalized spacial score (nSPS) is 11.0. The maximum atomic E-state index is 12.9. The molecule has 0 aliphatic rings. The molecule has 0 aromatic heterocycles. The van der Waals surface area contributed by atoms with Gasteiger partial charge >= 0.3 is 5.97 Å². The lowest BCUT2D eigenvalue weighted by atomic mass is 10.2. The number of rotatable bonds is 6. The summed E-state index contributed by atoms with van der Waals surface area (Å²) in [4.78, 5) is 20.9. The van der Waals surface area contributed by atoms with Crippen molar-refractivity contribution in [2.24, 2.45) is 0 Å². The summed E-state index contributed by atoms with van der Waals surface area (Å²) in [5, 5.41) is 20.2. The summed E-state index contributed by atoms with van der Waals surface area (Å²) in [5.74, 6) is -1.37. The molecule has 0 unspecified atom stereocenters. The van der Waals surface area contributed by atoms with Crippen molar-refractivity contribution in [2.45, 2.75) is 11.8 Å². The van der Waals surface area contributed by atoms with Gasteiger partial charge in [0.15, 0.2) is 4.90 Å². The first-order valence-corrected chi connectivity index (χ1v) is 8.22. The van der Waals surface area contributed by atoms with Gasteiger partial charge in [0.05, 0.1) is 10.6 Å². The van der Waals surface area contributed by atoms with Gasteiger partial charge in [-0.3, -0.25) is 19.2 Å². The highest BCUT2D eigenvalue weighted by atomic mass is 32.2. The number of carboxylic acids is 1. The summed E-state index contributed by atoms with van der Waals surface area (Å²) in [6.07, 6.45) is 0. The molecule has 2 rings (SSSR count). The van der Waals surface area contributed by atoms with Gasteiger partial charge in [-0.05, 0) is 24.6 Å². The number of carbonyl (C=O) groups is 1. The molecule has 1 N–H and O–H groups in total. The van der Waals surface area contributed by atoms with Crippen molar-refractivity contribution in [3.05, 3.63) is 64.2 Å². The van der Waals surface area contributed by atoms with Crippen LogP contribution in [0.25, 0.3) is 0 Å². The van der Waals surface area contributed by atoms with E-state index in [-0.39, 0.29) is 5.69 Å². The quantitative estimate of drug-likeness (QED) is 0.630. The van der Waals surface area contributed by atoms with Crippen LogP contribution in [0.15, 0.2) is 53.4 Å². The lowest BCUT2D eigenvalue weighted by molar-refractivity contribution is -0.387. The Hall–Kier alpha value is -2.94. The van der Waals surface area contributed by atoms with E-state index in [1.165, 1.54) is 18.2 Å². The zero-order chi connectivity index (χ0) is 17.9. The van der Waals surface area contributed by atoms with Gasteiger partial charge in [0.2, 0.25) is 0 Å². The number of hydrogen-bond acceptors (Lipinski definition) is 5. The van der Waals surface area contributed by atoms with Crippen LogP contribution in [-0.2, 0) is 14.8 Å². The van der Waals surface area contributed by atoms with E-state index in [1.54, 1.807) is 25.1 Å². The third kappa shape index (κ3) is 3.35. The molecule has 24 heavy (non-hydrogen) atoms. The van der Waals surface area contributed by atoms with E-state index in [1.807, 2.05) is 0 Å². The summed E-state index contributed by atoms with van der Waals surface area (Å²) in [7, 11) is -4.44. The van der Waals surface area contributed by atoms with Gasteiger partial charge in [-0.25, -0.2) is 8.42 Å². The van der Waals surface area contributed by atoms with Crippen LogP contribution in [0.1, 0.15) is 5.56 Å². The predicted molar refractivity (Wildman–Crippen MR) is 86.4 cm³/mol. The van der Waals surface area contributed by atoms with E-state index < -0.39 is 38.0 Å².